The average molecular weight is 810 g/mol. The van der Waals surface area contributed by atoms with E-state index in [-0.39, 0.29) is 24.9 Å². The van der Waals surface area contributed by atoms with Gasteiger partial charge in [0.05, 0.1) is 25.2 Å². The molecule has 0 heterocycles. The van der Waals surface area contributed by atoms with E-state index >= 15 is 0 Å². The van der Waals surface area contributed by atoms with Gasteiger partial charge in [0.25, 0.3) is 0 Å². The van der Waals surface area contributed by atoms with Crippen molar-refractivity contribution in [3.8, 4) is 0 Å². The first-order valence-electron chi connectivity index (χ1n) is 24.2. The van der Waals surface area contributed by atoms with Gasteiger partial charge in [-0.3, -0.25) is 9.59 Å². The predicted molar refractivity (Wildman–Crippen MR) is 250 cm³/mol. The van der Waals surface area contributed by atoms with Gasteiger partial charge >= 0.3 is 5.97 Å². The second-order valence-corrected chi connectivity index (χ2v) is 16.1. The summed E-state index contributed by atoms with van der Waals surface area (Å²) in [6.07, 6.45) is 56.9. The van der Waals surface area contributed by atoms with Gasteiger partial charge in [-0.05, 0) is 64.2 Å². The molecule has 0 aromatic heterocycles. The first-order valence-corrected chi connectivity index (χ1v) is 24.2. The fourth-order valence-electron chi connectivity index (χ4n) is 6.87. The molecular weight excluding hydrogens is 719 g/mol. The quantitative estimate of drug-likeness (QED) is 0.0324. The van der Waals surface area contributed by atoms with E-state index in [0.29, 0.717) is 19.3 Å². The highest BCUT2D eigenvalue weighted by Gasteiger charge is 2.23. The zero-order chi connectivity index (χ0) is 42.4. The zero-order valence-corrected chi connectivity index (χ0v) is 37.9. The highest BCUT2D eigenvalue weighted by atomic mass is 16.5. The van der Waals surface area contributed by atoms with Crippen LogP contribution < -0.4 is 5.32 Å². The Kier molecular flexibility index (Phi) is 43.3. The molecule has 0 aliphatic heterocycles. The maximum Gasteiger partial charge on any atom is 0.306 e. The summed E-state index contributed by atoms with van der Waals surface area (Å²) in [6, 6.07) is -0.735. The van der Waals surface area contributed by atoms with E-state index in [1.807, 2.05) is 12.2 Å². The maximum atomic E-state index is 13.1. The molecule has 1 amide bonds. The van der Waals surface area contributed by atoms with Crippen LogP contribution in [0.15, 0.2) is 72.9 Å². The summed E-state index contributed by atoms with van der Waals surface area (Å²) in [4.78, 5) is 26.0. The molecule has 0 rings (SSSR count). The van der Waals surface area contributed by atoms with Gasteiger partial charge in [-0.1, -0.05) is 209 Å². The first kappa shape index (κ1) is 55.3. The summed E-state index contributed by atoms with van der Waals surface area (Å²) >= 11 is 0. The number of nitrogens with one attached hydrogen (secondary N) is 1. The van der Waals surface area contributed by atoms with Crippen LogP contribution in [-0.2, 0) is 14.3 Å². The fraction of sp³-hybridized carbons (Fsp3) is 0.731. The molecule has 3 N–H and O–H groups in total. The third-order valence-electron chi connectivity index (χ3n) is 10.5. The Hall–Kier alpha value is -2.70. The number of allylic oxidation sites excluding steroid dienone is 11. The monoisotopic (exact) mass is 810 g/mol. The van der Waals surface area contributed by atoms with Crippen LogP contribution in [-0.4, -0.2) is 46.9 Å². The highest BCUT2D eigenvalue weighted by Crippen LogP contribution is 2.16. The van der Waals surface area contributed by atoms with Crippen molar-refractivity contribution in [1.29, 1.82) is 0 Å². The standard InChI is InChI=1S/C52H91NO5/c1-4-7-10-13-16-19-22-24-26-27-29-31-34-37-40-43-48(58-52(57)45-42-39-36-33-21-18-15-12-9-6-3)46-51(56)53-49(47-54)50(55)44-41-38-35-32-30-28-25-23-20-17-14-11-8-5-2/h7,10,12,15-16,19,24,26,29,31,37,40,48-50,54-55H,4-6,8-9,11,13-14,17-18,20-23,25,27-28,30,32-36,38-39,41-47H2,1-3H3,(H,53,56)/b10-7-,15-12-,19-16-,26-24-,31-29-,40-37-. The molecule has 3 atom stereocenters. The minimum Gasteiger partial charge on any atom is -0.461 e. The Morgan fingerprint density at radius 3 is 1.52 bits per heavy atom. The molecule has 0 saturated heterocycles. The molecule has 58 heavy (non-hydrogen) atoms. The molecule has 0 saturated carbocycles. The Labute approximate surface area is 358 Å². The van der Waals surface area contributed by atoms with Crippen LogP contribution in [0.3, 0.4) is 0 Å². The Bertz CT molecular complexity index is 1090. The number of unbranched alkanes of at least 4 members (excludes halogenated alkanes) is 19. The molecular formula is C52H91NO5. The van der Waals surface area contributed by atoms with Gasteiger partial charge < -0.3 is 20.3 Å². The van der Waals surface area contributed by atoms with Crippen LogP contribution >= 0.6 is 0 Å². The smallest absolute Gasteiger partial charge is 0.306 e. The lowest BCUT2D eigenvalue weighted by molar-refractivity contribution is -0.150. The molecule has 0 aliphatic carbocycles. The van der Waals surface area contributed by atoms with Gasteiger partial charge in [0.15, 0.2) is 0 Å². The van der Waals surface area contributed by atoms with E-state index in [9.17, 15) is 19.8 Å². The zero-order valence-electron chi connectivity index (χ0n) is 37.9. The maximum absolute atomic E-state index is 13.1. The molecule has 0 bridgehead atoms. The van der Waals surface area contributed by atoms with Crippen molar-refractivity contribution in [2.24, 2.45) is 0 Å². The molecule has 6 heteroatoms. The third kappa shape index (κ3) is 40.1. The SMILES string of the molecule is CC/C=C\C/C=C\C/C=C\C/C=C\C/C=C\CC(CC(=O)NC(CO)C(O)CCCCCCCCCCCCCCCC)OC(=O)CCCCCCC/C=C\CCC. The summed E-state index contributed by atoms with van der Waals surface area (Å²) in [6.45, 7) is 6.27. The minimum absolute atomic E-state index is 0.00627. The van der Waals surface area contributed by atoms with E-state index in [2.05, 4.69) is 86.8 Å². The van der Waals surface area contributed by atoms with Gasteiger partial charge in [-0.15, -0.1) is 0 Å². The number of hydrogen-bond acceptors (Lipinski definition) is 5. The summed E-state index contributed by atoms with van der Waals surface area (Å²) in [5.41, 5.74) is 0. The van der Waals surface area contributed by atoms with Crippen molar-refractivity contribution in [2.75, 3.05) is 6.61 Å². The van der Waals surface area contributed by atoms with Gasteiger partial charge in [0.1, 0.15) is 6.10 Å². The molecule has 0 spiro atoms. The number of amides is 1. The normalized spacial score (nSPS) is 13.9. The van der Waals surface area contributed by atoms with E-state index in [0.717, 1.165) is 89.9 Å². The van der Waals surface area contributed by atoms with E-state index in [4.69, 9.17) is 4.74 Å². The van der Waals surface area contributed by atoms with Crippen LogP contribution in [0.1, 0.15) is 220 Å². The van der Waals surface area contributed by atoms with Crippen LogP contribution in [0.2, 0.25) is 0 Å². The fourth-order valence-corrected chi connectivity index (χ4v) is 6.87. The number of aliphatic hydroxyl groups excluding tert-OH is 2. The molecule has 334 valence electrons. The largest absolute Gasteiger partial charge is 0.461 e. The topological polar surface area (TPSA) is 95.9 Å². The predicted octanol–water partition coefficient (Wildman–Crippen LogP) is 14.2. The molecule has 0 aromatic rings. The minimum atomic E-state index is -0.814. The first-order chi connectivity index (χ1) is 28.5. The molecule has 0 aliphatic rings. The molecule has 0 radical (unpaired) electrons. The Morgan fingerprint density at radius 1 is 0.534 bits per heavy atom. The van der Waals surface area contributed by atoms with Crippen molar-refractivity contribution >= 4 is 11.9 Å². The van der Waals surface area contributed by atoms with Crippen molar-refractivity contribution in [2.45, 2.75) is 238 Å². The van der Waals surface area contributed by atoms with Crippen molar-refractivity contribution < 1.29 is 24.5 Å². The number of ether oxygens (including phenoxy) is 1. The van der Waals surface area contributed by atoms with E-state index < -0.39 is 18.2 Å². The molecule has 0 aromatic carbocycles. The van der Waals surface area contributed by atoms with Gasteiger partial charge in [0, 0.05) is 12.8 Å². The van der Waals surface area contributed by atoms with E-state index in [1.165, 1.54) is 83.5 Å². The molecule has 0 fully saturated rings. The average Bonchev–Trinajstić information content (AvgIpc) is 3.22. The Morgan fingerprint density at radius 2 is 1.00 bits per heavy atom. The summed E-state index contributed by atoms with van der Waals surface area (Å²) < 4.78 is 5.83. The number of aliphatic hydroxyl groups is 2. The van der Waals surface area contributed by atoms with Crippen LogP contribution in [0.25, 0.3) is 0 Å². The number of hydrogen-bond donors (Lipinski definition) is 3. The van der Waals surface area contributed by atoms with Crippen LogP contribution in [0, 0.1) is 0 Å². The Balaban J connectivity index is 4.71. The molecule has 3 unspecified atom stereocenters. The summed E-state index contributed by atoms with van der Waals surface area (Å²) in [5, 5.41) is 23.7. The second kappa shape index (κ2) is 45.4. The highest BCUT2D eigenvalue weighted by molar-refractivity contribution is 5.77. The van der Waals surface area contributed by atoms with Crippen LogP contribution in [0.4, 0.5) is 0 Å². The third-order valence-corrected chi connectivity index (χ3v) is 10.5. The number of rotatable bonds is 42. The lowest BCUT2D eigenvalue weighted by Gasteiger charge is -2.24. The van der Waals surface area contributed by atoms with Crippen molar-refractivity contribution in [3.63, 3.8) is 0 Å². The van der Waals surface area contributed by atoms with Gasteiger partial charge in [-0.2, -0.15) is 0 Å². The second-order valence-electron chi connectivity index (χ2n) is 16.1. The van der Waals surface area contributed by atoms with E-state index in [1.54, 1.807) is 0 Å². The van der Waals surface area contributed by atoms with Crippen molar-refractivity contribution in [3.05, 3.63) is 72.9 Å². The van der Waals surface area contributed by atoms with Gasteiger partial charge in [0.2, 0.25) is 5.91 Å². The lowest BCUT2D eigenvalue weighted by Crippen LogP contribution is -2.46. The number of carbonyl (C=O) groups excluding carboxylic acids is 2. The summed E-state index contributed by atoms with van der Waals surface area (Å²) in [7, 11) is 0. The summed E-state index contributed by atoms with van der Waals surface area (Å²) in [5.74, 6) is -0.596. The van der Waals surface area contributed by atoms with Crippen molar-refractivity contribution in [1.82, 2.24) is 5.32 Å². The number of carbonyl (C=O) groups is 2. The van der Waals surface area contributed by atoms with Crippen LogP contribution in [0.5, 0.6) is 0 Å². The molecule has 6 nitrogen and oxygen atoms in total. The van der Waals surface area contributed by atoms with Gasteiger partial charge in [-0.25, -0.2) is 0 Å². The lowest BCUT2D eigenvalue weighted by atomic mass is 10.0. The number of esters is 1.